The fraction of sp³-hybridized carbons (Fsp3) is 0.190. The highest BCUT2D eigenvalue weighted by molar-refractivity contribution is 5.88. The van der Waals surface area contributed by atoms with Crippen LogP contribution >= 0.6 is 0 Å². The Labute approximate surface area is 147 Å². The molecule has 3 rings (SSSR count). The number of aryl methyl sites for hydroxylation is 3. The first kappa shape index (κ1) is 16.8. The van der Waals surface area contributed by atoms with Crippen LogP contribution in [0.3, 0.4) is 0 Å². The average Bonchev–Trinajstić information content (AvgIpc) is 2.59. The summed E-state index contributed by atoms with van der Waals surface area (Å²) in [6.45, 7) is 6.58. The topological polar surface area (TPSA) is 43.1 Å². The molecular formula is C21H21N2O2+. The van der Waals surface area contributed by atoms with E-state index in [-0.39, 0.29) is 5.69 Å². The van der Waals surface area contributed by atoms with E-state index in [4.69, 9.17) is 4.74 Å². The minimum atomic E-state index is -0.447. The molecule has 2 aromatic carbocycles. The van der Waals surface area contributed by atoms with E-state index in [1.807, 2.05) is 74.0 Å². The van der Waals surface area contributed by atoms with Crippen molar-refractivity contribution in [3.8, 4) is 5.75 Å². The second-order valence-electron chi connectivity index (χ2n) is 6.22. The molecule has 1 heterocycles. The van der Waals surface area contributed by atoms with Crippen LogP contribution in [0.25, 0.3) is 0 Å². The van der Waals surface area contributed by atoms with Crippen LogP contribution in [0.4, 0.5) is 0 Å². The molecule has 0 spiro atoms. The zero-order valence-electron chi connectivity index (χ0n) is 14.7. The highest BCUT2D eigenvalue weighted by Gasteiger charge is 2.17. The van der Waals surface area contributed by atoms with Gasteiger partial charge in [-0.25, -0.2) is 9.78 Å². The predicted molar refractivity (Wildman–Crippen MR) is 95.6 cm³/mol. The number of hydrogen-bond acceptors (Lipinski definition) is 3. The van der Waals surface area contributed by atoms with Crippen LogP contribution in [0.15, 0.2) is 61.1 Å². The van der Waals surface area contributed by atoms with Gasteiger partial charge in [0.1, 0.15) is 5.75 Å². The molecule has 3 aromatic rings. The molecule has 0 unspecified atom stereocenters. The van der Waals surface area contributed by atoms with Gasteiger partial charge in [-0.1, -0.05) is 48.0 Å². The van der Waals surface area contributed by atoms with E-state index < -0.39 is 5.97 Å². The fourth-order valence-electron chi connectivity index (χ4n) is 2.90. The highest BCUT2D eigenvalue weighted by atomic mass is 16.5. The molecule has 1 aromatic heterocycles. The van der Waals surface area contributed by atoms with Crippen molar-refractivity contribution in [3.63, 3.8) is 0 Å². The summed E-state index contributed by atoms with van der Waals surface area (Å²) in [5, 5.41) is 0. The number of nitrogens with zero attached hydrogens (tertiary/aromatic N) is 2. The molecule has 0 amide bonds. The molecule has 4 heteroatoms. The third-order valence-electron chi connectivity index (χ3n) is 3.98. The number of hydrogen-bond donors (Lipinski definition) is 0. The van der Waals surface area contributed by atoms with Gasteiger partial charge >= 0.3 is 5.97 Å². The summed E-state index contributed by atoms with van der Waals surface area (Å²) >= 11 is 0. The smallest absolute Gasteiger partial charge is 0.368 e. The average molecular weight is 333 g/mol. The van der Waals surface area contributed by atoms with Crippen molar-refractivity contribution < 1.29 is 14.1 Å². The lowest BCUT2D eigenvalue weighted by Gasteiger charge is -2.11. The molecule has 25 heavy (non-hydrogen) atoms. The van der Waals surface area contributed by atoms with E-state index in [9.17, 15) is 4.79 Å². The van der Waals surface area contributed by atoms with Crippen molar-refractivity contribution in [1.29, 1.82) is 0 Å². The minimum absolute atomic E-state index is 0.290. The summed E-state index contributed by atoms with van der Waals surface area (Å²) in [6, 6.07) is 14.1. The van der Waals surface area contributed by atoms with Crippen LogP contribution in [0.2, 0.25) is 0 Å². The zero-order valence-corrected chi connectivity index (χ0v) is 14.7. The van der Waals surface area contributed by atoms with E-state index >= 15 is 0 Å². The molecule has 0 N–H and O–H groups in total. The van der Waals surface area contributed by atoms with E-state index in [1.54, 1.807) is 12.4 Å². The van der Waals surface area contributed by atoms with Gasteiger partial charge in [-0.15, -0.1) is 0 Å². The van der Waals surface area contributed by atoms with Crippen molar-refractivity contribution in [2.75, 3.05) is 0 Å². The molecule has 0 aliphatic rings. The molecule has 0 bridgehead atoms. The second kappa shape index (κ2) is 7.26. The van der Waals surface area contributed by atoms with Crippen molar-refractivity contribution in [3.05, 3.63) is 89.0 Å². The third-order valence-corrected chi connectivity index (χ3v) is 3.98. The lowest BCUT2D eigenvalue weighted by Crippen LogP contribution is -2.35. The molecule has 4 nitrogen and oxygen atoms in total. The monoisotopic (exact) mass is 333 g/mol. The Morgan fingerprint density at radius 1 is 1.08 bits per heavy atom. The standard InChI is InChI=1S/C21H21N2O2/c1-15-11-16(2)20(17(3)12-15)25-21(24)19-14-23(10-9-22-19)13-18-7-5-4-6-8-18/h4-12,14H,13H2,1-3H3/q+1. The maximum absolute atomic E-state index is 12.5. The Kier molecular flexibility index (Phi) is 4.89. The van der Waals surface area contributed by atoms with E-state index in [0.29, 0.717) is 12.3 Å². The first-order valence-electron chi connectivity index (χ1n) is 8.22. The van der Waals surface area contributed by atoms with E-state index in [2.05, 4.69) is 4.98 Å². The fourth-order valence-corrected chi connectivity index (χ4v) is 2.90. The van der Waals surface area contributed by atoms with Crippen LogP contribution in [0.1, 0.15) is 32.7 Å². The number of benzene rings is 2. The lowest BCUT2D eigenvalue weighted by atomic mass is 10.1. The quantitative estimate of drug-likeness (QED) is 0.416. The highest BCUT2D eigenvalue weighted by Crippen LogP contribution is 2.25. The van der Waals surface area contributed by atoms with Crippen LogP contribution in [0, 0.1) is 20.8 Å². The van der Waals surface area contributed by atoms with Gasteiger partial charge in [0.25, 0.3) is 0 Å². The second-order valence-corrected chi connectivity index (χ2v) is 6.22. The minimum Gasteiger partial charge on any atom is -0.421 e. The number of ether oxygens (including phenoxy) is 1. The molecule has 126 valence electrons. The number of rotatable bonds is 4. The summed E-state index contributed by atoms with van der Waals surface area (Å²) in [5.74, 6) is 0.160. The van der Waals surface area contributed by atoms with Crippen molar-refractivity contribution in [2.45, 2.75) is 27.3 Å². The lowest BCUT2D eigenvalue weighted by molar-refractivity contribution is -0.689. The zero-order chi connectivity index (χ0) is 17.8. The number of carbonyl (C=O) groups is 1. The van der Waals surface area contributed by atoms with Crippen molar-refractivity contribution >= 4 is 5.97 Å². The maximum atomic E-state index is 12.5. The van der Waals surface area contributed by atoms with Crippen LogP contribution in [-0.4, -0.2) is 11.0 Å². The summed E-state index contributed by atoms with van der Waals surface area (Å²) in [4.78, 5) is 16.7. The van der Waals surface area contributed by atoms with Crippen molar-refractivity contribution in [1.82, 2.24) is 4.98 Å². The predicted octanol–water partition coefficient (Wildman–Crippen LogP) is 3.56. The molecule has 0 saturated heterocycles. The molecule has 0 atom stereocenters. The van der Waals surface area contributed by atoms with Gasteiger partial charge in [-0.05, 0) is 31.9 Å². The van der Waals surface area contributed by atoms with Gasteiger partial charge in [0.15, 0.2) is 12.7 Å². The van der Waals surface area contributed by atoms with E-state index in [0.717, 1.165) is 22.3 Å². The van der Waals surface area contributed by atoms with Gasteiger partial charge in [0.2, 0.25) is 11.9 Å². The SMILES string of the molecule is Cc1cc(C)c(OC(=O)c2c[n+](Cc3ccccc3)ccn2)c(C)c1. The Morgan fingerprint density at radius 2 is 1.76 bits per heavy atom. The molecule has 0 aliphatic heterocycles. The van der Waals surface area contributed by atoms with Crippen LogP contribution < -0.4 is 9.30 Å². The first-order valence-corrected chi connectivity index (χ1v) is 8.22. The van der Waals surface area contributed by atoms with Crippen molar-refractivity contribution in [2.24, 2.45) is 0 Å². The van der Waals surface area contributed by atoms with Gasteiger partial charge in [-0.2, -0.15) is 4.57 Å². The van der Waals surface area contributed by atoms with Crippen LogP contribution in [-0.2, 0) is 6.54 Å². The molecular weight excluding hydrogens is 312 g/mol. The Morgan fingerprint density at radius 3 is 2.44 bits per heavy atom. The van der Waals surface area contributed by atoms with Gasteiger partial charge < -0.3 is 4.74 Å². The van der Waals surface area contributed by atoms with E-state index in [1.165, 1.54) is 0 Å². The van der Waals surface area contributed by atoms with Crippen LogP contribution in [0.5, 0.6) is 5.75 Å². The first-order chi connectivity index (χ1) is 12.0. The maximum Gasteiger partial charge on any atom is 0.368 e. The largest absolute Gasteiger partial charge is 0.421 e. The number of aromatic nitrogens is 2. The molecule has 0 radical (unpaired) electrons. The third kappa shape index (κ3) is 4.10. The Bertz CT molecular complexity index is 882. The molecule has 0 fully saturated rings. The van der Waals surface area contributed by atoms with Gasteiger partial charge in [0, 0.05) is 5.56 Å². The summed E-state index contributed by atoms with van der Waals surface area (Å²) in [5.41, 5.74) is 4.48. The van der Waals surface area contributed by atoms with Gasteiger partial charge in [0.05, 0.1) is 6.20 Å². The Hall–Kier alpha value is -3.01. The van der Waals surface area contributed by atoms with Gasteiger partial charge in [-0.3, -0.25) is 0 Å². The summed E-state index contributed by atoms with van der Waals surface area (Å²) in [7, 11) is 0. The number of carbonyl (C=O) groups excluding carboxylic acids is 1. The Balaban J connectivity index is 1.80. The number of esters is 1. The summed E-state index contributed by atoms with van der Waals surface area (Å²) < 4.78 is 7.53. The molecule has 0 aliphatic carbocycles. The molecule has 0 saturated carbocycles. The normalized spacial score (nSPS) is 10.5. The summed E-state index contributed by atoms with van der Waals surface area (Å²) in [6.07, 6.45) is 5.18.